The van der Waals surface area contributed by atoms with E-state index < -0.39 is 0 Å². The van der Waals surface area contributed by atoms with E-state index in [4.69, 9.17) is 5.21 Å². The van der Waals surface area contributed by atoms with Gasteiger partial charge in [0.25, 0.3) is 0 Å². The lowest BCUT2D eigenvalue weighted by Gasteiger charge is -2.00. The van der Waals surface area contributed by atoms with E-state index in [1.165, 1.54) is 0 Å². The molecule has 0 amide bonds. The molecule has 5 heteroatoms. The van der Waals surface area contributed by atoms with Crippen LogP contribution in [0, 0.1) is 0 Å². The van der Waals surface area contributed by atoms with Crippen LogP contribution in [-0.2, 0) is 12.8 Å². The molecule has 0 aliphatic rings. The molecule has 0 saturated heterocycles. The monoisotopic (exact) mass is 210 g/mol. The molecule has 0 atom stereocenters. The number of rotatable bonds is 4. The van der Waals surface area contributed by atoms with Gasteiger partial charge in [0.2, 0.25) is 0 Å². The zero-order chi connectivity index (χ0) is 11.3. The molecule has 0 fully saturated rings. The maximum absolute atomic E-state index is 8.80. The minimum atomic E-state index is 0.527. The van der Waals surface area contributed by atoms with Gasteiger partial charge in [0.1, 0.15) is 5.84 Å². The van der Waals surface area contributed by atoms with Crippen molar-refractivity contribution < 1.29 is 5.21 Å². The van der Waals surface area contributed by atoms with E-state index >= 15 is 0 Å². The molecule has 0 aliphatic heterocycles. The van der Waals surface area contributed by atoms with Gasteiger partial charge in [-0.25, -0.2) is 4.99 Å². The Hall–Kier alpha value is -1.36. The van der Waals surface area contributed by atoms with E-state index in [1.807, 2.05) is 6.92 Å². The molecular formula is C10H18N4O. The minimum absolute atomic E-state index is 0.527. The summed E-state index contributed by atoms with van der Waals surface area (Å²) in [5.74, 6) is 1.20. The number of hydrogen-bond acceptors (Lipinski definition) is 3. The largest absolute Gasteiger partial charge is 0.290 e. The quantitative estimate of drug-likeness (QED) is 0.404. The van der Waals surface area contributed by atoms with E-state index in [2.05, 4.69) is 34.5 Å². The molecule has 0 bridgehead atoms. The molecule has 15 heavy (non-hydrogen) atoms. The molecule has 1 aromatic rings. The molecule has 84 valence electrons. The SMILES string of the molecule is CCC(=Nc1n[nH]c(CC)c1CC)NO. The first-order chi connectivity index (χ1) is 7.26. The number of aryl methyl sites for hydroxylation is 1. The van der Waals surface area contributed by atoms with E-state index in [9.17, 15) is 0 Å². The van der Waals surface area contributed by atoms with Crippen molar-refractivity contribution in [1.82, 2.24) is 15.7 Å². The van der Waals surface area contributed by atoms with E-state index in [0.717, 1.165) is 24.1 Å². The third-order valence-corrected chi connectivity index (χ3v) is 2.34. The first-order valence-electron chi connectivity index (χ1n) is 5.30. The zero-order valence-electron chi connectivity index (χ0n) is 9.46. The van der Waals surface area contributed by atoms with Gasteiger partial charge in [-0.1, -0.05) is 20.8 Å². The summed E-state index contributed by atoms with van der Waals surface area (Å²) < 4.78 is 0. The molecule has 0 aromatic carbocycles. The number of aromatic amines is 1. The second kappa shape index (κ2) is 5.50. The van der Waals surface area contributed by atoms with Crippen LogP contribution in [0.1, 0.15) is 38.4 Å². The molecule has 3 N–H and O–H groups in total. The summed E-state index contributed by atoms with van der Waals surface area (Å²) in [6, 6.07) is 0. The normalized spacial score (nSPS) is 11.9. The van der Waals surface area contributed by atoms with Crippen LogP contribution in [0.4, 0.5) is 5.82 Å². The Balaban J connectivity index is 3.03. The molecule has 1 aromatic heterocycles. The summed E-state index contributed by atoms with van der Waals surface area (Å²) in [7, 11) is 0. The number of nitrogens with one attached hydrogen (secondary N) is 2. The van der Waals surface area contributed by atoms with Crippen LogP contribution in [-0.4, -0.2) is 21.2 Å². The van der Waals surface area contributed by atoms with Gasteiger partial charge < -0.3 is 0 Å². The molecule has 1 heterocycles. The van der Waals surface area contributed by atoms with Crippen LogP contribution < -0.4 is 5.48 Å². The maximum atomic E-state index is 8.80. The number of hydroxylamine groups is 1. The van der Waals surface area contributed by atoms with Crippen LogP contribution in [0.25, 0.3) is 0 Å². The Labute approximate surface area is 89.6 Å². The lowest BCUT2D eigenvalue weighted by molar-refractivity contribution is 0.232. The number of hydrogen-bond donors (Lipinski definition) is 3. The summed E-state index contributed by atoms with van der Waals surface area (Å²) in [5.41, 5.74) is 4.31. The standard InChI is InChI=1S/C10H18N4O/c1-4-7-8(5-2)12-13-10(7)11-9(6-3)14-15/h15H,4-6H2,1-3H3,(H2,11,12,13,14). The fourth-order valence-electron chi connectivity index (χ4n) is 1.46. The summed E-state index contributed by atoms with van der Waals surface area (Å²) >= 11 is 0. The highest BCUT2D eigenvalue weighted by atomic mass is 16.5. The first-order valence-corrected chi connectivity index (χ1v) is 5.30. The Bertz CT molecular complexity index is 337. The van der Waals surface area contributed by atoms with Gasteiger partial charge in [-0.3, -0.25) is 15.8 Å². The van der Waals surface area contributed by atoms with Crippen molar-refractivity contribution in [2.24, 2.45) is 4.99 Å². The van der Waals surface area contributed by atoms with Gasteiger partial charge in [0, 0.05) is 17.7 Å². The Morgan fingerprint density at radius 2 is 2.13 bits per heavy atom. The predicted octanol–water partition coefficient (Wildman–Crippen LogP) is 1.95. The zero-order valence-corrected chi connectivity index (χ0v) is 9.46. The minimum Gasteiger partial charge on any atom is -0.290 e. The summed E-state index contributed by atoms with van der Waals surface area (Å²) in [4.78, 5) is 4.25. The maximum Gasteiger partial charge on any atom is 0.178 e. The third kappa shape index (κ3) is 2.56. The second-order valence-electron chi connectivity index (χ2n) is 3.24. The van der Waals surface area contributed by atoms with Crippen LogP contribution in [0.5, 0.6) is 0 Å². The van der Waals surface area contributed by atoms with Gasteiger partial charge >= 0.3 is 0 Å². The predicted molar refractivity (Wildman–Crippen MR) is 59.7 cm³/mol. The van der Waals surface area contributed by atoms with Gasteiger partial charge in [-0.2, -0.15) is 5.10 Å². The Morgan fingerprint density at radius 3 is 2.60 bits per heavy atom. The van der Waals surface area contributed by atoms with Crippen molar-refractivity contribution in [3.05, 3.63) is 11.3 Å². The van der Waals surface area contributed by atoms with Gasteiger partial charge in [0.05, 0.1) is 0 Å². The highest BCUT2D eigenvalue weighted by Crippen LogP contribution is 2.20. The lowest BCUT2D eigenvalue weighted by Crippen LogP contribution is -2.17. The molecule has 0 unspecified atom stereocenters. The molecule has 0 radical (unpaired) electrons. The summed E-state index contributed by atoms with van der Waals surface area (Å²) in [6.07, 6.45) is 2.45. The Kier molecular flexibility index (Phi) is 4.30. The molecule has 1 rings (SSSR count). The topological polar surface area (TPSA) is 73.3 Å². The molecule has 0 saturated carbocycles. The molecule has 0 aliphatic carbocycles. The van der Waals surface area contributed by atoms with Crippen molar-refractivity contribution in [2.45, 2.75) is 40.0 Å². The van der Waals surface area contributed by atoms with Crippen molar-refractivity contribution >= 4 is 11.7 Å². The second-order valence-corrected chi connectivity index (χ2v) is 3.24. The lowest BCUT2D eigenvalue weighted by atomic mass is 10.1. The highest BCUT2D eigenvalue weighted by Gasteiger charge is 2.09. The molecule has 0 spiro atoms. The summed E-state index contributed by atoms with van der Waals surface area (Å²) in [6.45, 7) is 6.06. The molecular weight excluding hydrogens is 192 g/mol. The number of aliphatic imine (C=N–C) groups is 1. The van der Waals surface area contributed by atoms with E-state index in [1.54, 1.807) is 0 Å². The molecule has 5 nitrogen and oxygen atoms in total. The van der Waals surface area contributed by atoms with Crippen molar-refractivity contribution in [2.75, 3.05) is 0 Å². The fourth-order valence-corrected chi connectivity index (χ4v) is 1.46. The summed E-state index contributed by atoms with van der Waals surface area (Å²) in [5, 5.41) is 15.9. The smallest absolute Gasteiger partial charge is 0.178 e. The van der Waals surface area contributed by atoms with Crippen LogP contribution in [0.15, 0.2) is 4.99 Å². The van der Waals surface area contributed by atoms with Gasteiger partial charge in [-0.05, 0) is 12.8 Å². The van der Waals surface area contributed by atoms with E-state index in [-0.39, 0.29) is 0 Å². The van der Waals surface area contributed by atoms with Gasteiger partial charge in [-0.15, -0.1) is 0 Å². The number of amidine groups is 1. The van der Waals surface area contributed by atoms with Crippen LogP contribution in [0.2, 0.25) is 0 Å². The van der Waals surface area contributed by atoms with Crippen LogP contribution in [0.3, 0.4) is 0 Å². The number of nitrogens with zero attached hydrogens (tertiary/aromatic N) is 2. The van der Waals surface area contributed by atoms with Crippen molar-refractivity contribution in [1.29, 1.82) is 0 Å². The number of aromatic nitrogens is 2. The third-order valence-electron chi connectivity index (χ3n) is 2.34. The van der Waals surface area contributed by atoms with E-state index in [0.29, 0.717) is 18.1 Å². The fraction of sp³-hybridized carbons (Fsp3) is 0.600. The Morgan fingerprint density at radius 1 is 1.40 bits per heavy atom. The van der Waals surface area contributed by atoms with Crippen LogP contribution >= 0.6 is 0 Å². The average molecular weight is 210 g/mol. The van der Waals surface area contributed by atoms with Crippen molar-refractivity contribution in [3.8, 4) is 0 Å². The first kappa shape index (κ1) is 11.7. The average Bonchev–Trinajstić information content (AvgIpc) is 2.67. The van der Waals surface area contributed by atoms with Crippen molar-refractivity contribution in [3.63, 3.8) is 0 Å². The highest BCUT2D eigenvalue weighted by molar-refractivity contribution is 5.83. The number of H-pyrrole nitrogens is 1. The van der Waals surface area contributed by atoms with Gasteiger partial charge in [0.15, 0.2) is 5.82 Å².